The molecule has 0 spiro atoms. The molecule has 25 heavy (non-hydrogen) atoms. The number of hydrogen-bond donors (Lipinski definition) is 3. The second-order valence-corrected chi connectivity index (χ2v) is 6.96. The van der Waals surface area contributed by atoms with Gasteiger partial charge in [0.1, 0.15) is 0 Å². The van der Waals surface area contributed by atoms with Crippen molar-refractivity contribution < 1.29 is 5.11 Å². The number of unbranched alkanes of at least 4 members (excludes halogenated alkanes) is 3. The van der Waals surface area contributed by atoms with Crippen LogP contribution in [0.25, 0.3) is 0 Å². The summed E-state index contributed by atoms with van der Waals surface area (Å²) in [5.41, 5.74) is 8.52. The van der Waals surface area contributed by atoms with Crippen molar-refractivity contribution in [2.24, 2.45) is 10.7 Å². The van der Waals surface area contributed by atoms with Gasteiger partial charge in [0.05, 0.1) is 12.6 Å². The van der Waals surface area contributed by atoms with E-state index in [0.29, 0.717) is 12.5 Å². The van der Waals surface area contributed by atoms with E-state index < -0.39 is 0 Å². The van der Waals surface area contributed by atoms with Gasteiger partial charge in [-0.15, -0.1) is 0 Å². The molecule has 0 amide bonds. The summed E-state index contributed by atoms with van der Waals surface area (Å²) in [5.74, 6) is 0.535. The fraction of sp³-hybridized carbons (Fsp3) is 0.650. The van der Waals surface area contributed by atoms with Crippen LogP contribution >= 0.6 is 0 Å². The predicted octanol–water partition coefficient (Wildman–Crippen LogP) is 2.63. The maximum atomic E-state index is 9.65. The Balaban J connectivity index is 1.82. The molecule has 4 N–H and O–H groups in total. The highest BCUT2D eigenvalue weighted by Gasteiger charge is 2.17. The fourth-order valence-corrected chi connectivity index (χ4v) is 3.18. The lowest BCUT2D eigenvalue weighted by Crippen LogP contribution is -2.35. The summed E-state index contributed by atoms with van der Waals surface area (Å²) >= 11 is 0. The minimum absolute atomic E-state index is 0.126. The Bertz CT molecular complexity index is 524. The maximum absolute atomic E-state index is 9.65. The summed E-state index contributed by atoms with van der Waals surface area (Å²) in [6.45, 7) is 6.56. The third-order valence-corrected chi connectivity index (χ3v) is 4.83. The first-order chi connectivity index (χ1) is 12.2. The molecule has 1 aromatic carbocycles. The minimum Gasteiger partial charge on any atom is -0.393 e. The van der Waals surface area contributed by atoms with Crippen molar-refractivity contribution in [1.82, 2.24) is 10.2 Å². The van der Waals surface area contributed by atoms with Gasteiger partial charge in [-0.3, -0.25) is 4.90 Å². The Morgan fingerprint density at radius 1 is 1.20 bits per heavy atom. The van der Waals surface area contributed by atoms with Crippen molar-refractivity contribution in [1.29, 1.82) is 0 Å². The van der Waals surface area contributed by atoms with Gasteiger partial charge in [-0.1, -0.05) is 50.5 Å². The molecule has 0 radical (unpaired) electrons. The molecule has 0 atom stereocenters. The highest BCUT2D eigenvalue weighted by atomic mass is 16.3. The van der Waals surface area contributed by atoms with E-state index in [4.69, 9.17) is 5.73 Å². The van der Waals surface area contributed by atoms with Crippen molar-refractivity contribution in [3.05, 3.63) is 35.4 Å². The van der Waals surface area contributed by atoms with Crippen molar-refractivity contribution in [3.63, 3.8) is 0 Å². The number of likely N-dealkylation sites (tertiary alicyclic amines) is 1. The Kier molecular flexibility index (Phi) is 8.77. The van der Waals surface area contributed by atoms with Crippen LogP contribution in [0, 0.1) is 0 Å². The van der Waals surface area contributed by atoms with Crippen LogP contribution in [0.1, 0.15) is 56.6 Å². The first-order valence-electron chi connectivity index (χ1n) is 9.70. The molecule has 2 rings (SSSR count). The average Bonchev–Trinajstić information content (AvgIpc) is 2.63. The number of nitrogens with two attached hydrogens (primary N) is 1. The van der Waals surface area contributed by atoms with Gasteiger partial charge in [-0.05, 0) is 30.4 Å². The molecule has 0 unspecified atom stereocenters. The second-order valence-electron chi connectivity index (χ2n) is 6.96. The summed E-state index contributed by atoms with van der Waals surface area (Å²) in [5, 5.41) is 12.9. The van der Waals surface area contributed by atoms with E-state index in [2.05, 4.69) is 46.4 Å². The number of nitrogens with one attached hydrogen (secondary N) is 1. The molecule has 1 saturated heterocycles. The van der Waals surface area contributed by atoms with Crippen LogP contribution in [0.5, 0.6) is 0 Å². The first-order valence-corrected chi connectivity index (χ1v) is 9.70. The van der Waals surface area contributed by atoms with E-state index in [-0.39, 0.29) is 6.10 Å². The van der Waals surface area contributed by atoms with Gasteiger partial charge in [0, 0.05) is 26.2 Å². The number of guanidine groups is 1. The molecular weight excluding hydrogens is 312 g/mol. The molecule has 0 saturated carbocycles. The smallest absolute Gasteiger partial charge is 0.188 e. The average molecular weight is 347 g/mol. The Morgan fingerprint density at radius 3 is 2.64 bits per heavy atom. The summed E-state index contributed by atoms with van der Waals surface area (Å²) in [6.07, 6.45) is 6.52. The van der Waals surface area contributed by atoms with E-state index in [1.165, 1.54) is 30.4 Å². The third kappa shape index (κ3) is 7.45. The number of benzene rings is 1. The van der Waals surface area contributed by atoms with Gasteiger partial charge >= 0.3 is 0 Å². The second kappa shape index (κ2) is 11.1. The maximum Gasteiger partial charge on any atom is 0.188 e. The quantitative estimate of drug-likeness (QED) is 0.365. The van der Waals surface area contributed by atoms with E-state index >= 15 is 0 Å². The van der Waals surface area contributed by atoms with Crippen molar-refractivity contribution in [2.75, 3.05) is 19.6 Å². The van der Waals surface area contributed by atoms with Gasteiger partial charge in [-0.25, -0.2) is 4.99 Å². The molecule has 5 heteroatoms. The largest absolute Gasteiger partial charge is 0.393 e. The van der Waals surface area contributed by atoms with Crippen LogP contribution in [0.15, 0.2) is 29.3 Å². The zero-order valence-electron chi connectivity index (χ0n) is 15.6. The zero-order valence-corrected chi connectivity index (χ0v) is 15.6. The van der Waals surface area contributed by atoms with E-state index in [1.807, 2.05) is 0 Å². The molecule has 1 aliphatic rings. The van der Waals surface area contributed by atoms with Crippen molar-refractivity contribution >= 4 is 5.96 Å². The normalized spacial score (nSPS) is 17.0. The summed E-state index contributed by atoms with van der Waals surface area (Å²) in [6, 6.07) is 8.44. The lowest BCUT2D eigenvalue weighted by atomic mass is 10.0. The Labute approximate surface area is 152 Å². The van der Waals surface area contributed by atoms with E-state index in [0.717, 1.165) is 45.4 Å². The lowest BCUT2D eigenvalue weighted by Gasteiger charge is -2.30. The highest BCUT2D eigenvalue weighted by Crippen LogP contribution is 2.17. The topological polar surface area (TPSA) is 73.9 Å². The molecular formula is C20H34N4O. The SMILES string of the molecule is CCCCCCNC(N)=NCc1ccccc1CN1CCC(O)CC1. The van der Waals surface area contributed by atoms with E-state index in [9.17, 15) is 5.11 Å². The Hall–Kier alpha value is -1.59. The summed E-state index contributed by atoms with van der Waals surface area (Å²) in [7, 11) is 0. The molecule has 0 aromatic heterocycles. The first kappa shape index (κ1) is 19.7. The van der Waals surface area contributed by atoms with Gasteiger partial charge in [0.15, 0.2) is 5.96 Å². The number of aliphatic imine (C=N–C) groups is 1. The number of piperidine rings is 1. The van der Waals surface area contributed by atoms with Crippen molar-refractivity contribution in [3.8, 4) is 0 Å². The molecule has 1 aliphatic heterocycles. The van der Waals surface area contributed by atoms with Gasteiger partial charge in [-0.2, -0.15) is 0 Å². The predicted molar refractivity (Wildman–Crippen MR) is 104 cm³/mol. The van der Waals surface area contributed by atoms with Crippen LogP contribution < -0.4 is 11.1 Å². The fourth-order valence-electron chi connectivity index (χ4n) is 3.18. The molecule has 0 bridgehead atoms. The Morgan fingerprint density at radius 2 is 1.92 bits per heavy atom. The summed E-state index contributed by atoms with van der Waals surface area (Å²) in [4.78, 5) is 6.91. The van der Waals surface area contributed by atoms with Crippen LogP contribution in [0.4, 0.5) is 0 Å². The molecule has 140 valence electrons. The lowest BCUT2D eigenvalue weighted by molar-refractivity contribution is 0.0791. The van der Waals surface area contributed by atoms with Crippen LogP contribution in [-0.4, -0.2) is 41.7 Å². The highest BCUT2D eigenvalue weighted by molar-refractivity contribution is 5.77. The van der Waals surface area contributed by atoms with Gasteiger partial charge < -0.3 is 16.2 Å². The van der Waals surface area contributed by atoms with Crippen LogP contribution in [-0.2, 0) is 13.1 Å². The number of aliphatic hydroxyl groups is 1. The molecule has 0 aliphatic carbocycles. The number of aliphatic hydroxyl groups excluding tert-OH is 1. The van der Waals surface area contributed by atoms with E-state index in [1.54, 1.807) is 0 Å². The summed E-state index contributed by atoms with van der Waals surface area (Å²) < 4.78 is 0. The zero-order chi connectivity index (χ0) is 17.9. The van der Waals surface area contributed by atoms with Crippen LogP contribution in [0.2, 0.25) is 0 Å². The monoisotopic (exact) mass is 346 g/mol. The van der Waals surface area contributed by atoms with Crippen molar-refractivity contribution in [2.45, 2.75) is 64.6 Å². The molecule has 5 nitrogen and oxygen atoms in total. The number of hydrogen-bond acceptors (Lipinski definition) is 3. The number of nitrogens with zero attached hydrogens (tertiary/aromatic N) is 2. The van der Waals surface area contributed by atoms with Crippen LogP contribution in [0.3, 0.4) is 0 Å². The molecule has 1 fully saturated rings. The number of rotatable bonds is 9. The third-order valence-electron chi connectivity index (χ3n) is 4.83. The molecule has 1 heterocycles. The van der Waals surface area contributed by atoms with Gasteiger partial charge in [0.2, 0.25) is 0 Å². The van der Waals surface area contributed by atoms with Gasteiger partial charge in [0.25, 0.3) is 0 Å². The standard InChI is InChI=1S/C20H34N4O/c1-2-3-4-7-12-22-20(21)23-15-17-8-5-6-9-18(17)16-24-13-10-19(25)11-14-24/h5-6,8-9,19,25H,2-4,7,10-16H2,1H3,(H3,21,22,23). The molecule has 1 aromatic rings. The minimum atomic E-state index is -0.126.